The van der Waals surface area contributed by atoms with E-state index in [2.05, 4.69) is 35.7 Å². The van der Waals surface area contributed by atoms with Gasteiger partial charge in [-0.15, -0.1) is 0 Å². The molecule has 3 N–H and O–H groups in total. The quantitative estimate of drug-likeness (QED) is 0.637. The molecule has 0 radical (unpaired) electrons. The Balaban J connectivity index is 1.15. The van der Waals surface area contributed by atoms with Gasteiger partial charge >= 0.3 is 6.03 Å². The lowest BCUT2D eigenvalue weighted by Crippen LogP contribution is -2.49. The van der Waals surface area contributed by atoms with Gasteiger partial charge < -0.3 is 20.9 Å². The van der Waals surface area contributed by atoms with Crippen molar-refractivity contribution in [3.8, 4) is 0 Å². The third kappa shape index (κ3) is 5.66. The highest BCUT2D eigenvalue weighted by Gasteiger charge is 2.23. The molecule has 2 aromatic rings. The van der Waals surface area contributed by atoms with Crippen LogP contribution >= 0.6 is 0 Å². The Morgan fingerprint density at radius 2 is 1.70 bits per heavy atom. The zero-order valence-electron chi connectivity index (χ0n) is 16.9. The average molecular weight is 409 g/mol. The van der Waals surface area contributed by atoms with Gasteiger partial charge in [0.15, 0.2) is 0 Å². The minimum absolute atomic E-state index is 0.111. The fourth-order valence-corrected chi connectivity index (χ4v) is 3.34. The number of carbonyl (C=O) groups is 2. The molecular formula is C21H27N7O2. The number of hydrogen-bond acceptors (Lipinski definition) is 6. The summed E-state index contributed by atoms with van der Waals surface area (Å²) in [5.41, 5.74) is 1.25. The molecule has 3 amide bonds. The van der Waals surface area contributed by atoms with Crippen molar-refractivity contribution in [2.75, 3.05) is 49.5 Å². The van der Waals surface area contributed by atoms with Crippen molar-refractivity contribution in [3.63, 3.8) is 0 Å². The van der Waals surface area contributed by atoms with Crippen LogP contribution in [0.25, 0.3) is 0 Å². The molecule has 1 aromatic heterocycles. The van der Waals surface area contributed by atoms with Gasteiger partial charge in [-0.05, 0) is 43.2 Å². The Morgan fingerprint density at radius 3 is 2.37 bits per heavy atom. The van der Waals surface area contributed by atoms with Crippen LogP contribution in [-0.4, -0.2) is 72.1 Å². The van der Waals surface area contributed by atoms with E-state index < -0.39 is 0 Å². The molecule has 1 saturated carbocycles. The maximum absolute atomic E-state index is 12.4. The first-order valence-corrected chi connectivity index (χ1v) is 10.4. The van der Waals surface area contributed by atoms with Crippen LogP contribution in [0.3, 0.4) is 0 Å². The first-order chi connectivity index (χ1) is 14.7. The highest BCUT2D eigenvalue weighted by molar-refractivity contribution is 5.95. The van der Waals surface area contributed by atoms with Crippen molar-refractivity contribution < 1.29 is 9.59 Å². The molecule has 1 aromatic carbocycles. The van der Waals surface area contributed by atoms with Crippen molar-refractivity contribution in [1.82, 2.24) is 25.5 Å². The second-order valence-electron chi connectivity index (χ2n) is 7.58. The fraction of sp³-hybridized carbons (Fsp3) is 0.429. The van der Waals surface area contributed by atoms with E-state index in [4.69, 9.17) is 0 Å². The summed E-state index contributed by atoms with van der Waals surface area (Å²) < 4.78 is 0. The molecule has 1 aliphatic carbocycles. The van der Waals surface area contributed by atoms with E-state index in [1.165, 1.54) is 0 Å². The van der Waals surface area contributed by atoms with Gasteiger partial charge in [-0.2, -0.15) is 0 Å². The minimum Gasteiger partial charge on any atom is -0.351 e. The normalized spacial score (nSPS) is 16.7. The summed E-state index contributed by atoms with van der Waals surface area (Å²) in [5.74, 6) is 0.661. The molecule has 158 valence electrons. The molecule has 9 heteroatoms. The van der Waals surface area contributed by atoms with Crippen LogP contribution in [0.4, 0.5) is 16.4 Å². The Hall–Kier alpha value is -3.20. The van der Waals surface area contributed by atoms with Crippen molar-refractivity contribution in [2.24, 2.45) is 0 Å². The van der Waals surface area contributed by atoms with Gasteiger partial charge in [0, 0.05) is 69.0 Å². The summed E-state index contributed by atoms with van der Waals surface area (Å²) in [6, 6.07) is 8.86. The van der Waals surface area contributed by atoms with Crippen molar-refractivity contribution >= 4 is 23.6 Å². The predicted octanol–water partition coefficient (Wildman–Crippen LogP) is 1.31. The molecule has 30 heavy (non-hydrogen) atoms. The maximum atomic E-state index is 12.4. The van der Waals surface area contributed by atoms with Gasteiger partial charge in [0.05, 0.1) is 0 Å². The summed E-state index contributed by atoms with van der Waals surface area (Å²) in [7, 11) is 0. The molecule has 2 aliphatic rings. The van der Waals surface area contributed by atoms with Crippen LogP contribution in [0, 0.1) is 0 Å². The van der Waals surface area contributed by atoms with Crippen LogP contribution in [0.5, 0.6) is 0 Å². The number of rotatable bonds is 7. The Morgan fingerprint density at radius 1 is 1.00 bits per heavy atom. The first-order valence-electron chi connectivity index (χ1n) is 10.4. The molecule has 1 aliphatic heterocycles. The van der Waals surface area contributed by atoms with E-state index in [0.717, 1.165) is 51.5 Å². The van der Waals surface area contributed by atoms with E-state index in [-0.39, 0.29) is 11.9 Å². The third-order valence-electron chi connectivity index (χ3n) is 5.24. The second-order valence-corrected chi connectivity index (χ2v) is 7.58. The molecule has 0 spiro atoms. The number of nitrogens with one attached hydrogen (secondary N) is 3. The molecule has 0 unspecified atom stereocenters. The van der Waals surface area contributed by atoms with Crippen molar-refractivity contribution in [1.29, 1.82) is 0 Å². The number of urea groups is 1. The van der Waals surface area contributed by atoms with Crippen LogP contribution in [-0.2, 0) is 0 Å². The van der Waals surface area contributed by atoms with E-state index in [1.54, 1.807) is 36.7 Å². The summed E-state index contributed by atoms with van der Waals surface area (Å²) in [6.07, 6.45) is 5.61. The van der Waals surface area contributed by atoms with Gasteiger partial charge in [0.2, 0.25) is 5.95 Å². The molecule has 2 heterocycles. The lowest BCUT2D eigenvalue weighted by atomic mass is 10.2. The number of hydrogen-bond donors (Lipinski definition) is 3. The molecule has 1 saturated heterocycles. The van der Waals surface area contributed by atoms with Gasteiger partial charge in [-0.25, -0.2) is 14.8 Å². The zero-order chi connectivity index (χ0) is 20.8. The monoisotopic (exact) mass is 409 g/mol. The highest BCUT2D eigenvalue weighted by Crippen LogP contribution is 2.19. The smallest absolute Gasteiger partial charge is 0.319 e. The van der Waals surface area contributed by atoms with Crippen LogP contribution in [0.2, 0.25) is 0 Å². The standard InChI is InChI=1S/C21H27N7O2/c29-19(16-2-4-17(5-3-16)25-21(30)26-18-6-7-18)22-10-11-27-12-14-28(15-13-27)20-23-8-1-9-24-20/h1-5,8-9,18H,6-7,10-15H2,(H,22,29)(H2,25,26,30). The Kier molecular flexibility index (Phi) is 6.38. The van der Waals surface area contributed by atoms with E-state index in [1.807, 2.05) is 6.07 Å². The second kappa shape index (κ2) is 9.53. The van der Waals surface area contributed by atoms with E-state index in [0.29, 0.717) is 23.8 Å². The van der Waals surface area contributed by atoms with E-state index >= 15 is 0 Å². The highest BCUT2D eigenvalue weighted by atomic mass is 16.2. The van der Waals surface area contributed by atoms with Gasteiger partial charge in [0.1, 0.15) is 0 Å². The molecule has 2 fully saturated rings. The number of nitrogens with zero attached hydrogens (tertiary/aromatic N) is 4. The molecule has 0 bridgehead atoms. The number of benzene rings is 1. The SMILES string of the molecule is O=C(Nc1ccc(C(=O)NCCN2CCN(c3ncccn3)CC2)cc1)NC1CC1. The number of piperazine rings is 1. The third-order valence-corrected chi connectivity index (χ3v) is 5.24. The van der Waals surface area contributed by atoms with Crippen LogP contribution < -0.4 is 20.9 Å². The molecule has 0 atom stereocenters. The van der Waals surface area contributed by atoms with Gasteiger partial charge in [0.25, 0.3) is 5.91 Å². The summed E-state index contributed by atoms with van der Waals surface area (Å²) >= 11 is 0. The Bertz CT molecular complexity index is 847. The summed E-state index contributed by atoms with van der Waals surface area (Å²) in [4.78, 5) is 37.2. The largest absolute Gasteiger partial charge is 0.351 e. The van der Waals surface area contributed by atoms with Crippen LogP contribution in [0.1, 0.15) is 23.2 Å². The van der Waals surface area contributed by atoms with E-state index in [9.17, 15) is 9.59 Å². The first kappa shape index (κ1) is 20.1. The minimum atomic E-state index is -0.200. The van der Waals surface area contributed by atoms with Gasteiger partial charge in [-0.3, -0.25) is 9.69 Å². The van der Waals surface area contributed by atoms with Crippen LogP contribution in [0.15, 0.2) is 42.7 Å². The summed E-state index contributed by atoms with van der Waals surface area (Å²) in [6.45, 7) is 4.97. The number of amides is 3. The topological polar surface area (TPSA) is 102 Å². The number of anilines is 2. The lowest BCUT2D eigenvalue weighted by molar-refractivity contribution is 0.0948. The average Bonchev–Trinajstić information content (AvgIpc) is 3.59. The Labute approximate surface area is 175 Å². The fourth-order valence-electron chi connectivity index (χ4n) is 3.34. The lowest BCUT2D eigenvalue weighted by Gasteiger charge is -2.34. The number of aromatic nitrogens is 2. The van der Waals surface area contributed by atoms with Gasteiger partial charge in [-0.1, -0.05) is 0 Å². The number of carbonyl (C=O) groups excluding carboxylic acids is 2. The maximum Gasteiger partial charge on any atom is 0.319 e. The van der Waals surface area contributed by atoms with Crippen molar-refractivity contribution in [2.45, 2.75) is 18.9 Å². The van der Waals surface area contributed by atoms with Crippen molar-refractivity contribution in [3.05, 3.63) is 48.3 Å². The molecule has 9 nitrogen and oxygen atoms in total. The predicted molar refractivity (Wildman–Crippen MR) is 115 cm³/mol. The molecule has 4 rings (SSSR count). The summed E-state index contributed by atoms with van der Waals surface area (Å²) in [5, 5.41) is 8.61. The zero-order valence-corrected chi connectivity index (χ0v) is 16.9. The molecular weight excluding hydrogens is 382 g/mol.